The molecule has 17 rings (SSSR count). The Balaban J connectivity index is 0.000000132. The Labute approximate surface area is 645 Å². The fourth-order valence-electron chi connectivity index (χ4n) is 16.2. The zero-order valence-corrected chi connectivity index (χ0v) is 64.0. The molecule has 0 bridgehead atoms. The van der Waals surface area contributed by atoms with E-state index in [1.807, 2.05) is 168 Å². The molecule has 111 heavy (non-hydrogen) atoms. The number of aromatic nitrogens is 6. The first kappa shape index (κ1) is 74.7. The minimum Gasteiger partial charge on any atom is -0.489 e. The predicted octanol–water partition coefficient (Wildman–Crippen LogP) is 11.7. The lowest BCUT2D eigenvalue weighted by atomic mass is 10.0. The van der Waals surface area contributed by atoms with Crippen molar-refractivity contribution in [2.45, 2.75) is 84.4 Å². The molecule has 22 nitrogen and oxygen atoms in total. The molecule has 5 aliphatic rings. The summed E-state index contributed by atoms with van der Waals surface area (Å²) >= 11 is 0. The third-order valence-electron chi connectivity index (χ3n) is 22.2. The molecule has 0 spiro atoms. The highest BCUT2D eigenvalue weighted by Gasteiger charge is 2.31. The molecule has 0 unspecified atom stereocenters. The first-order chi connectivity index (χ1) is 54.0. The zero-order chi connectivity index (χ0) is 76.7. The molecule has 3 amide bonds. The van der Waals surface area contributed by atoms with Crippen molar-refractivity contribution in [3.8, 4) is 34.3 Å². The largest absolute Gasteiger partial charge is 0.489 e. The van der Waals surface area contributed by atoms with Crippen molar-refractivity contribution < 1.29 is 33.3 Å². The maximum Gasteiger partial charge on any atom is 0.410 e. The van der Waals surface area contributed by atoms with Crippen LogP contribution in [0.5, 0.6) is 17.2 Å². The molecule has 0 saturated carbocycles. The molecule has 5 aliphatic heterocycles. The summed E-state index contributed by atoms with van der Waals surface area (Å²) in [7, 11) is 10.0. The van der Waals surface area contributed by atoms with E-state index in [4.69, 9.17) is 18.9 Å². The van der Waals surface area contributed by atoms with Gasteiger partial charge in [-0.3, -0.25) is 47.5 Å². The molecular formula is C89H96N12O10. The molecule has 6 aromatic carbocycles. The number of benzene rings is 6. The Morgan fingerprint density at radius 1 is 0.396 bits per heavy atom. The zero-order valence-electron chi connectivity index (χ0n) is 64.0. The smallest absolute Gasteiger partial charge is 0.410 e. The van der Waals surface area contributed by atoms with Crippen LogP contribution in [0.15, 0.2) is 215 Å². The van der Waals surface area contributed by atoms with Crippen molar-refractivity contribution in [2.75, 3.05) is 86.1 Å². The first-order valence-electron chi connectivity index (χ1n) is 38.6. The topological polar surface area (TPSA) is 188 Å². The number of likely N-dealkylation sites (N-methyl/N-ethyl adjacent to an activating group) is 1. The maximum atomic E-state index is 13.0. The Morgan fingerprint density at radius 2 is 0.784 bits per heavy atom. The van der Waals surface area contributed by atoms with Crippen LogP contribution < -0.4 is 30.9 Å². The molecule has 0 atom stereocenters. The van der Waals surface area contributed by atoms with E-state index in [0.717, 1.165) is 151 Å². The number of amides is 3. The minimum absolute atomic E-state index is 0.129. The van der Waals surface area contributed by atoms with Gasteiger partial charge in [-0.15, -0.1) is 0 Å². The lowest BCUT2D eigenvalue weighted by Crippen LogP contribution is -2.41. The number of fused-ring (bicyclic) bond motifs is 9. The van der Waals surface area contributed by atoms with Crippen molar-refractivity contribution in [1.82, 2.24) is 56.8 Å². The van der Waals surface area contributed by atoms with E-state index in [-0.39, 0.29) is 34.6 Å². The second kappa shape index (κ2) is 33.6. The number of hydrogen-bond donors (Lipinski definition) is 0. The summed E-state index contributed by atoms with van der Waals surface area (Å²) < 4.78 is 34.6. The molecule has 11 heterocycles. The predicted molar refractivity (Wildman–Crippen MR) is 431 cm³/mol. The number of aryl methyl sites for hydroxylation is 3. The Hall–Kier alpha value is -11.7. The van der Waals surface area contributed by atoms with Gasteiger partial charge in [-0.1, -0.05) is 109 Å². The maximum absolute atomic E-state index is 13.0. The van der Waals surface area contributed by atoms with E-state index in [9.17, 15) is 28.8 Å². The average Bonchev–Trinajstić information content (AvgIpc) is 1.62. The fraction of sp³-hybridized carbons (Fsp3) is 0.326. The average molecular weight is 1490 g/mol. The number of ether oxygens (including phenoxy) is 4. The van der Waals surface area contributed by atoms with Crippen molar-refractivity contribution in [2.24, 2.45) is 21.1 Å². The lowest BCUT2D eigenvalue weighted by Gasteiger charge is -2.29. The van der Waals surface area contributed by atoms with Crippen LogP contribution in [0.4, 0.5) is 4.79 Å². The summed E-state index contributed by atoms with van der Waals surface area (Å²) in [6, 6.07) is 58.1. The van der Waals surface area contributed by atoms with Gasteiger partial charge in [0.05, 0.1) is 53.2 Å². The summed E-state index contributed by atoms with van der Waals surface area (Å²) in [4.78, 5) is 89.2. The molecule has 2 fully saturated rings. The molecule has 12 aromatic rings. The van der Waals surface area contributed by atoms with Crippen LogP contribution in [0.3, 0.4) is 0 Å². The second-order valence-corrected chi connectivity index (χ2v) is 29.8. The van der Waals surface area contributed by atoms with E-state index in [1.54, 1.807) is 43.3 Å². The molecule has 0 aliphatic carbocycles. The minimum atomic E-state index is -0.241. The van der Waals surface area contributed by atoms with Crippen molar-refractivity contribution in [3.05, 3.63) is 282 Å². The number of hydrogen-bond acceptors (Lipinski definition) is 13. The van der Waals surface area contributed by atoms with Gasteiger partial charge < -0.3 is 52.2 Å². The number of rotatable bonds is 19. The van der Waals surface area contributed by atoms with Crippen LogP contribution in [-0.4, -0.2) is 161 Å². The molecular weight excluding hydrogens is 1400 g/mol. The molecule has 22 heteroatoms. The van der Waals surface area contributed by atoms with Gasteiger partial charge in [-0.25, -0.2) is 4.79 Å². The molecule has 0 radical (unpaired) electrons. The highest BCUT2D eigenvalue weighted by Crippen LogP contribution is 2.36. The highest BCUT2D eigenvalue weighted by molar-refractivity contribution is 5.90. The Kier molecular flexibility index (Phi) is 22.6. The number of likely N-dealkylation sites (tertiary alicyclic amines) is 2. The van der Waals surface area contributed by atoms with Crippen LogP contribution in [0.1, 0.15) is 76.1 Å². The molecule has 2 saturated heterocycles. The van der Waals surface area contributed by atoms with Gasteiger partial charge in [-0.05, 0) is 130 Å². The van der Waals surface area contributed by atoms with Crippen molar-refractivity contribution in [3.63, 3.8) is 0 Å². The fourth-order valence-corrected chi connectivity index (χ4v) is 16.2. The van der Waals surface area contributed by atoms with E-state index in [1.165, 1.54) is 58.6 Å². The summed E-state index contributed by atoms with van der Waals surface area (Å²) in [6.07, 6.45) is 12.3. The summed E-state index contributed by atoms with van der Waals surface area (Å²) in [5.74, 6) is 2.05. The van der Waals surface area contributed by atoms with E-state index >= 15 is 0 Å². The second-order valence-electron chi connectivity index (χ2n) is 29.8. The van der Waals surface area contributed by atoms with Gasteiger partial charge in [-0.2, -0.15) is 0 Å². The van der Waals surface area contributed by atoms with Crippen molar-refractivity contribution >= 4 is 50.6 Å². The third-order valence-corrected chi connectivity index (χ3v) is 22.2. The van der Waals surface area contributed by atoms with Gasteiger partial charge in [0, 0.05) is 174 Å². The summed E-state index contributed by atoms with van der Waals surface area (Å²) in [5, 5.41) is 3.42. The van der Waals surface area contributed by atoms with Gasteiger partial charge in [0.2, 0.25) is 11.8 Å². The van der Waals surface area contributed by atoms with Gasteiger partial charge >= 0.3 is 6.09 Å². The SMILES string of the molecule is CN(C)CC(=O)N1CCc2c(c3ccc(-n4ccc(OCc5ccccc5)cc4=O)cc3n2C)C1.Cn1c2c(c3ccc(-n4ccc(OCc5ccccc5)cc4=O)cc31)CN(C(=O)OCCN1CCCC1)CC2.Cn1c2c(c3ccc(-n4ccc(OCc5ccccc5)cc4=O)cc31)CN(CC(=O)N1CCCC1)CC2. The van der Waals surface area contributed by atoms with Crippen molar-refractivity contribution in [1.29, 1.82) is 0 Å². The quantitative estimate of drug-likeness (QED) is 0.0744. The van der Waals surface area contributed by atoms with Crippen LogP contribution in [0.25, 0.3) is 49.8 Å². The summed E-state index contributed by atoms with van der Waals surface area (Å²) in [5.41, 5.74) is 15.8. The van der Waals surface area contributed by atoms with Crippen LogP contribution in [0, 0.1) is 0 Å². The summed E-state index contributed by atoms with van der Waals surface area (Å²) in [6.45, 7) is 11.6. The van der Waals surface area contributed by atoms with E-state index < -0.39 is 0 Å². The normalized spacial score (nSPS) is 14.9. The number of carbonyl (C=O) groups excluding carboxylic acids is 3. The van der Waals surface area contributed by atoms with Crippen LogP contribution in [0.2, 0.25) is 0 Å². The van der Waals surface area contributed by atoms with E-state index in [0.29, 0.717) is 76.4 Å². The Morgan fingerprint density at radius 3 is 1.20 bits per heavy atom. The third kappa shape index (κ3) is 16.9. The van der Waals surface area contributed by atoms with Gasteiger partial charge in [0.25, 0.3) is 16.7 Å². The van der Waals surface area contributed by atoms with Gasteiger partial charge in [0.15, 0.2) is 0 Å². The lowest BCUT2D eigenvalue weighted by molar-refractivity contribution is -0.133. The van der Waals surface area contributed by atoms with Crippen LogP contribution in [-0.2, 0) is 94.2 Å². The molecule has 0 N–H and O–H groups in total. The standard InChI is InChI=1S/C31H34N4O4.C30H32N4O3.C28H30N4O3/c1-32-28-12-15-34(31(37)38-18-17-33-13-5-6-14-33)21-27(28)26-10-9-24(19-29(26)32)35-16-11-25(20-30(35)36)39-22-23-7-3-2-4-8-23;1-31-27-12-15-32(20-30(36)33-13-5-6-14-33)19-26(27)25-10-9-23(17-28(25)31)34-16-11-24(18-29(34)35)37-21-22-7-3-2-4-8-22;1-29(2)18-28(34)31-13-12-25-24(17-31)23-10-9-21(15-26(23)30(25)3)32-14-11-22(16-27(32)33)35-19-20-7-5-4-6-8-20/h2-4,7-11,16,19-20H,5-6,12-15,17-18,21-22H2,1H3;2-4,7-11,16-18H,5-6,12-15,19-21H2,1H3;4-11,14-16H,12-13,17-19H2,1-3H3. The first-order valence-corrected chi connectivity index (χ1v) is 38.6. The number of pyridine rings is 3. The monoisotopic (exact) mass is 1490 g/mol. The van der Waals surface area contributed by atoms with Gasteiger partial charge in [0.1, 0.15) is 43.7 Å². The van der Waals surface area contributed by atoms with Crippen LogP contribution >= 0.6 is 0 Å². The number of carbonyl (C=O) groups is 3. The van der Waals surface area contributed by atoms with E-state index in [2.05, 4.69) is 68.9 Å². The highest BCUT2D eigenvalue weighted by atomic mass is 16.6. The molecule has 6 aromatic heterocycles. The molecule has 572 valence electrons. The Bertz CT molecular complexity index is 5550. The number of nitrogens with zero attached hydrogens (tertiary/aromatic N) is 12.